The third-order valence-corrected chi connectivity index (χ3v) is 7.93. The van der Waals surface area contributed by atoms with Gasteiger partial charge in [-0.1, -0.05) is 19.8 Å². The molecule has 0 aromatic heterocycles. The highest BCUT2D eigenvalue weighted by molar-refractivity contribution is 5.08. The Labute approximate surface area is 123 Å². The van der Waals surface area contributed by atoms with Crippen LogP contribution in [0.2, 0.25) is 0 Å². The monoisotopic (exact) mass is 278 g/mol. The van der Waals surface area contributed by atoms with Crippen molar-refractivity contribution in [3.8, 4) is 0 Å². The molecular formula is C18H30O2. The molecule has 0 aliphatic heterocycles. The second-order valence-electron chi connectivity index (χ2n) is 8.57. The quantitative estimate of drug-likeness (QED) is 0.712. The summed E-state index contributed by atoms with van der Waals surface area (Å²) in [6, 6.07) is 0. The van der Waals surface area contributed by atoms with Crippen molar-refractivity contribution in [2.45, 2.75) is 82.8 Å². The summed E-state index contributed by atoms with van der Waals surface area (Å²) in [5, 5.41) is 21.4. The van der Waals surface area contributed by atoms with Crippen molar-refractivity contribution in [2.24, 2.45) is 29.1 Å². The molecule has 0 radical (unpaired) electrons. The van der Waals surface area contributed by atoms with Crippen molar-refractivity contribution in [1.29, 1.82) is 0 Å². The van der Waals surface area contributed by atoms with Crippen LogP contribution in [0.15, 0.2) is 0 Å². The van der Waals surface area contributed by atoms with E-state index in [1.54, 1.807) is 0 Å². The van der Waals surface area contributed by atoms with E-state index in [1.165, 1.54) is 44.9 Å². The Kier molecular flexibility index (Phi) is 3.03. The topological polar surface area (TPSA) is 40.5 Å². The van der Waals surface area contributed by atoms with Crippen LogP contribution in [-0.4, -0.2) is 21.9 Å². The molecule has 4 saturated carbocycles. The molecular weight excluding hydrogens is 248 g/mol. The van der Waals surface area contributed by atoms with E-state index >= 15 is 0 Å². The summed E-state index contributed by atoms with van der Waals surface area (Å²) in [5.41, 5.74) is -0.143. The highest BCUT2D eigenvalue weighted by Gasteiger charge is 2.59. The van der Waals surface area contributed by atoms with Gasteiger partial charge in [0.05, 0.1) is 11.7 Å². The minimum Gasteiger partial charge on any atom is -0.393 e. The fourth-order valence-corrected chi connectivity index (χ4v) is 6.79. The Morgan fingerprint density at radius 1 is 0.800 bits per heavy atom. The third-order valence-electron chi connectivity index (χ3n) is 7.93. The Morgan fingerprint density at radius 2 is 1.55 bits per heavy atom. The lowest BCUT2D eigenvalue weighted by molar-refractivity contribution is -0.155. The van der Waals surface area contributed by atoms with Crippen LogP contribution in [0.25, 0.3) is 0 Å². The molecule has 0 spiro atoms. The lowest BCUT2D eigenvalue weighted by Gasteiger charge is -2.57. The van der Waals surface area contributed by atoms with Crippen LogP contribution < -0.4 is 0 Å². The van der Waals surface area contributed by atoms with Gasteiger partial charge in [-0.2, -0.15) is 0 Å². The van der Waals surface area contributed by atoms with Crippen LogP contribution in [0.3, 0.4) is 0 Å². The first-order valence-electron chi connectivity index (χ1n) is 8.95. The van der Waals surface area contributed by atoms with Gasteiger partial charge in [-0.3, -0.25) is 0 Å². The van der Waals surface area contributed by atoms with Crippen LogP contribution in [0.4, 0.5) is 0 Å². The summed E-state index contributed by atoms with van der Waals surface area (Å²) in [4.78, 5) is 0. The first kappa shape index (κ1) is 13.6. The minimum absolute atomic E-state index is 0.0689. The van der Waals surface area contributed by atoms with Crippen LogP contribution in [0.1, 0.15) is 71.1 Å². The van der Waals surface area contributed by atoms with E-state index in [1.807, 2.05) is 0 Å². The predicted molar refractivity (Wildman–Crippen MR) is 79.2 cm³/mol. The summed E-state index contributed by atoms with van der Waals surface area (Å²) >= 11 is 0. The lowest BCUT2D eigenvalue weighted by atomic mass is 9.49. The van der Waals surface area contributed by atoms with Crippen molar-refractivity contribution in [3.05, 3.63) is 0 Å². The maximum absolute atomic E-state index is 11.0. The second-order valence-corrected chi connectivity index (χ2v) is 8.57. The van der Waals surface area contributed by atoms with Gasteiger partial charge in [-0.05, 0) is 80.5 Å². The molecule has 4 fully saturated rings. The molecule has 0 amide bonds. The molecule has 0 bridgehead atoms. The largest absolute Gasteiger partial charge is 0.393 e. The number of aliphatic hydroxyl groups is 2. The molecule has 2 N–H and O–H groups in total. The lowest BCUT2D eigenvalue weighted by Crippen LogP contribution is -2.55. The Bertz CT molecular complexity index is 391. The maximum atomic E-state index is 11.0. The van der Waals surface area contributed by atoms with Gasteiger partial charge in [0.1, 0.15) is 0 Å². The summed E-state index contributed by atoms with van der Waals surface area (Å²) in [5.74, 6) is 2.83. The van der Waals surface area contributed by atoms with Gasteiger partial charge < -0.3 is 10.2 Å². The normalized spacial score (nSPS) is 58.6. The summed E-state index contributed by atoms with van der Waals surface area (Å²) < 4.78 is 0. The number of fused-ring (bicyclic) bond motifs is 5. The van der Waals surface area contributed by atoms with Crippen molar-refractivity contribution >= 4 is 0 Å². The van der Waals surface area contributed by atoms with E-state index in [9.17, 15) is 10.2 Å². The van der Waals surface area contributed by atoms with E-state index in [4.69, 9.17) is 0 Å². The average molecular weight is 278 g/mol. The molecule has 2 nitrogen and oxygen atoms in total. The molecule has 0 aromatic rings. The van der Waals surface area contributed by atoms with Crippen molar-refractivity contribution in [1.82, 2.24) is 0 Å². The van der Waals surface area contributed by atoms with Gasteiger partial charge in [0.15, 0.2) is 0 Å². The van der Waals surface area contributed by atoms with Crippen LogP contribution in [-0.2, 0) is 0 Å². The molecule has 0 aromatic carbocycles. The van der Waals surface area contributed by atoms with E-state index < -0.39 is 0 Å². The zero-order valence-electron chi connectivity index (χ0n) is 12.9. The second kappa shape index (κ2) is 4.46. The van der Waals surface area contributed by atoms with Gasteiger partial charge in [-0.15, -0.1) is 0 Å². The van der Waals surface area contributed by atoms with Crippen molar-refractivity contribution < 1.29 is 10.2 Å². The number of hydrogen-bond donors (Lipinski definition) is 2. The third kappa shape index (κ3) is 1.70. The van der Waals surface area contributed by atoms with Gasteiger partial charge in [0.2, 0.25) is 0 Å². The zero-order chi connectivity index (χ0) is 14.0. The standard InChI is InChI=1S/C18H30O2/c1-17-10-7-13-12(14(17)5-6-16(17)19)8-11-18(20)9-3-2-4-15(13)18/h12-16,19-20H,2-11H2,1H3/t12-,13+,14+,15-,16+,17+,18+/m1/s1. The van der Waals surface area contributed by atoms with Gasteiger partial charge in [0, 0.05) is 0 Å². The molecule has 0 unspecified atom stereocenters. The molecule has 7 atom stereocenters. The smallest absolute Gasteiger partial charge is 0.0678 e. The van der Waals surface area contributed by atoms with Crippen LogP contribution in [0.5, 0.6) is 0 Å². The Morgan fingerprint density at radius 3 is 2.40 bits per heavy atom. The minimum atomic E-state index is -0.329. The highest BCUT2D eigenvalue weighted by atomic mass is 16.3. The van der Waals surface area contributed by atoms with E-state index in [0.717, 1.165) is 37.0 Å². The van der Waals surface area contributed by atoms with Crippen LogP contribution in [0, 0.1) is 29.1 Å². The van der Waals surface area contributed by atoms with Gasteiger partial charge >= 0.3 is 0 Å². The average Bonchev–Trinajstić information content (AvgIpc) is 2.74. The summed E-state index contributed by atoms with van der Waals surface area (Å²) in [6.07, 6.45) is 11.7. The summed E-state index contributed by atoms with van der Waals surface area (Å²) in [7, 11) is 0. The molecule has 0 heterocycles. The van der Waals surface area contributed by atoms with E-state index in [0.29, 0.717) is 5.92 Å². The Hall–Kier alpha value is -0.0800. The van der Waals surface area contributed by atoms with Gasteiger partial charge in [0.25, 0.3) is 0 Å². The Balaban J connectivity index is 1.62. The molecule has 0 saturated heterocycles. The molecule has 4 aliphatic carbocycles. The fraction of sp³-hybridized carbons (Fsp3) is 1.00. The van der Waals surface area contributed by atoms with Crippen molar-refractivity contribution in [2.75, 3.05) is 0 Å². The van der Waals surface area contributed by atoms with Gasteiger partial charge in [-0.25, -0.2) is 0 Å². The molecule has 2 heteroatoms. The maximum Gasteiger partial charge on any atom is 0.0678 e. The number of hydrogen-bond acceptors (Lipinski definition) is 2. The first-order valence-corrected chi connectivity index (χ1v) is 8.95. The molecule has 114 valence electrons. The number of aliphatic hydroxyl groups excluding tert-OH is 1. The van der Waals surface area contributed by atoms with Crippen molar-refractivity contribution in [3.63, 3.8) is 0 Å². The number of rotatable bonds is 0. The predicted octanol–water partition coefficient (Wildman–Crippen LogP) is 3.50. The summed E-state index contributed by atoms with van der Waals surface area (Å²) in [6.45, 7) is 2.34. The molecule has 20 heavy (non-hydrogen) atoms. The van der Waals surface area contributed by atoms with E-state index in [2.05, 4.69) is 6.92 Å². The first-order chi connectivity index (χ1) is 9.55. The zero-order valence-corrected chi connectivity index (χ0v) is 12.9. The van der Waals surface area contributed by atoms with E-state index in [-0.39, 0.29) is 17.1 Å². The highest BCUT2D eigenvalue weighted by Crippen LogP contribution is 2.63. The van der Waals surface area contributed by atoms with Crippen LogP contribution >= 0.6 is 0 Å². The fourth-order valence-electron chi connectivity index (χ4n) is 6.79. The molecule has 4 aliphatic rings. The molecule has 4 rings (SSSR count). The SMILES string of the molecule is C[C@]12CC[C@H]3[C@@H](CC[C@@]4(O)CCCC[C@H]34)[C@@H]1CC[C@@H]2O.